The van der Waals surface area contributed by atoms with Gasteiger partial charge in [-0.15, -0.1) is 0 Å². The van der Waals surface area contributed by atoms with Crippen molar-refractivity contribution in [1.29, 1.82) is 0 Å². The lowest BCUT2D eigenvalue weighted by molar-refractivity contribution is -0.0954. The van der Waals surface area contributed by atoms with Crippen LogP contribution in [0.4, 0.5) is 5.82 Å². The molecule has 12 nitrogen and oxygen atoms in total. The van der Waals surface area contributed by atoms with Gasteiger partial charge in [0.1, 0.15) is 42.2 Å². The van der Waals surface area contributed by atoms with Gasteiger partial charge < -0.3 is 35.0 Å². The molecule has 4 atom stereocenters. The van der Waals surface area contributed by atoms with Crippen molar-refractivity contribution in [2.24, 2.45) is 4.99 Å². The van der Waals surface area contributed by atoms with Gasteiger partial charge in [0.2, 0.25) is 17.7 Å². The molecule has 5 heterocycles. The van der Waals surface area contributed by atoms with Gasteiger partial charge in [0.15, 0.2) is 0 Å². The second-order valence-corrected chi connectivity index (χ2v) is 11.3. The molecule has 4 N–H and O–H groups in total. The molecule has 4 unspecified atom stereocenters. The van der Waals surface area contributed by atoms with Gasteiger partial charge in [0.05, 0.1) is 5.57 Å². The Balaban J connectivity index is 1.83. The van der Waals surface area contributed by atoms with Crippen molar-refractivity contribution in [2.75, 3.05) is 31.1 Å². The number of aromatic nitrogens is 1. The quantitative estimate of drug-likeness (QED) is 0.337. The van der Waals surface area contributed by atoms with E-state index in [0.29, 0.717) is 35.1 Å². The first-order valence-electron chi connectivity index (χ1n) is 15.2. The molecule has 4 aliphatic heterocycles. The highest BCUT2D eigenvalue weighted by Crippen LogP contribution is 2.42. The summed E-state index contributed by atoms with van der Waals surface area (Å²) >= 11 is 0. The van der Waals surface area contributed by atoms with Crippen molar-refractivity contribution in [2.45, 2.75) is 91.1 Å². The van der Waals surface area contributed by atoms with Crippen LogP contribution < -0.4 is 4.90 Å². The van der Waals surface area contributed by atoms with Gasteiger partial charge in [-0.05, 0) is 78.4 Å². The van der Waals surface area contributed by atoms with Crippen molar-refractivity contribution in [3.05, 3.63) is 59.3 Å². The molecule has 0 amide bonds. The summed E-state index contributed by atoms with van der Waals surface area (Å²) in [6, 6.07) is 5.58. The summed E-state index contributed by atoms with van der Waals surface area (Å²) in [5, 5.41) is 43.2. The van der Waals surface area contributed by atoms with E-state index < -0.39 is 24.9 Å². The van der Waals surface area contributed by atoms with E-state index in [0.717, 1.165) is 70.3 Å². The van der Waals surface area contributed by atoms with Crippen LogP contribution in [0.2, 0.25) is 0 Å². The second-order valence-electron chi connectivity index (χ2n) is 11.3. The Morgan fingerprint density at radius 1 is 0.762 bits per heavy atom. The lowest BCUT2D eigenvalue weighted by atomic mass is 10.0. The highest BCUT2D eigenvalue weighted by atomic mass is 16.5. The number of fused-ring (bicyclic) bond motifs is 1. The van der Waals surface area contributed by atoms with Gasteiger partial charge >= 0.3 is 0 Å². The molecule has 230 valence electrons. The van der Waals surface area contributed by atoms with Gasteiger partial charge in [-0.25, -0.2) is 4.98 Å². The third-order valence-electron chi connectivity index (χ3n) is 8.07. The van der Waals surface area contributed by atoms with Gasteiger partial charge in [-0.1, -0.05) is 6.07 Å². The van der Waals surface area contributed by atoms with Crippen molar-refractivity contribution in [3.8, 4) is 0 Å². The Bertz CT molecular complexity index is 1200. The van der Waals surface area contributed by atoms with Crippen LogP contribution in [0.25, 0.3) is 0 Å². The van der Waals surface area contributed by atoms with Crippen molar-refractivity contribution < 1.29 is 25.2 Å². The minimum absolute atomic E-state index is 0.316. The summed E-state index contributed by atoms with van der Waals surface area (Å²) in [7, 11) is 0. The molecule has 0 aromatic carbocycles. The number of hydrogen-bond donors (Lipinski definition) is 4. The maximum atomic E-state index is 10.9. The molecule has 0 bridgehead atoms. The fourth-order valence-electron chi connectivity index (χ4n) is 6.16. The molecule has 42 heavy (non-hydrogen) atoms. The van der Waals surface area contributed by atoms with Gasteiger partial charge in [0.25, 0.3) is 0 Å². The first-order valence-corrected chi connectivity index (χ1v) is 15.2. The van der Waals surface area contributed by atoms with Crippen molar-refractivity contribution in [1.82, 2.24) is 24.6 Å². The number of pyridine rings is 1. The van der Waals surface area contributed by atoms with E-state index in [1.165, 1.54) is 9.80 Å². The zero-order valence-electron chi connectivity index (χ0n) is 25.1. The SMILES string of the molecule is CC(O)N(C1=CC2=C(N3CCCCC3)N=C(N(C(C)O)C(C)O)N(c3ccccn3)C2=C(N2CCCCC2)O1)C(C)O. The predicted octanol–water partition coefficient (Wildman–Crippen LogP) is 2.44. The average Bonchev–Trinajstić information content (AvgIpc) is 2.97. The monoisotopic (exact) mass is 583 g/mol. The third kappa shape index (κ3) is 5.94. The molecule has 1 aromatic heterocycles. The number of aliphatic imine (C=N–C) groups is 1. The van der Waals surface area contributed by atoms with E-state index in [2.05, 4.69) is 14.8 Å². The minimum atomic E-state index is -1.06. The summed E-state index contributed by atoms with van der Waals surface area (Å²) in [5.74, 6) is 2.43. The van der Waals surface area contributed by atoms with E-state index in [1.54, 1.807) is 33.9 Å². The zero-order chi connectivity index (χ0) is 30.0. The lowest BCUT2D eigenvalue weighted by Gasteiger charge is -2.46. The number of aliphatic hydroxyl groups is 4. The van der Waals surface area contributed by atoms with Crippen LogP contribution in [-0.4, -0.2) is 102 Å². The van der Waals surface area contributed by atoms with Crippen LogP contribution in [0.1, 0.15) is 66.2 Å². The number of anilines is 1. The number of piperidine rings is 2. The molecule has 4 aliphatic rings. The van der Waals surface area contributed by atoms with Crippen LogP contribution in [0.5, 0.6) is 0 Å². The summed E-state index contributed by atoms with van der Waals surface area (Å²) in [6.45, 7) is 9.52. The summed E-state index contributed by atoms with van der Waals surface area (Å²) in [4.78, 5) is 19.0. The van der Waals surface area contributed by atoms with Crippen LogP contribution >= 0.6 is 0 Å². The van der Waals surface area contributed by atoms with Crippen LogP contribution in [0, 0.1) is 0 Å². The molecular formula is C30H45N7O5. The summed E-state index contributed by atoms with van der Waals surface area (Å²) in [5.41, 5.74) is 1.45. The van der Waals surface area contributed by atoms with Crippen molar-refractivity contribution in [3.63, 3.8) is 0 Å². The fourth-order valence-corrected chi connectivity index (χ4v) is 6.16. The number of ether oxygens (including phenoxy) is 1. The Morgan fingerprint density at radius 2 is 1.33 bits per heavy atom. The first-order chi connectivity index (χ1) is 20.2. The van der Waals surface area contributed by atoms with Crippen molar-refractivity contribution >= 4 is 11.8 Å². The maximum absolute atomic E-state index is 10.9. The molecular weight excluding hydrogens is 538 g/mol. The normalized spacial score (nSPS) is 22.5. The van der Waals surface area contributed by atoms with E-state index in [4.69, 9.17) is 9.73 Å². The number of aliphatic hydroxyl groups excluding tert-OH is 4. The smallest absolute Gasteiger partial charge is 0.223 e. The van der Waals surface area contributed by atoms with E-state index >= 15 is 0 Å². The Kier molecular flexibility index (Phi) is 9.26. The minimum Gasteiger partial charge on any atom is -0.423 e. The third-order valence-corrected chi connectivity index (χ3v) is 8.07. The molecule has 0 radical (unpaired) electrons. The zero-order valence-corrected chi connectivity index (χ0v) is 25.1. The number of likely N-dealkylation sites (tertiary alicyclic amines) is 2. The molecule has 12 heteroatoms. The molecule has 2 saturated heterocycles. The summed E-state index contributed by atoms with van der Waals surface area (Å²) < 4.78 is 6.67. The summed E-state index contributed by atoms with van der Waals surface area (Å²) in [6.07, 6.45) is 5.63. The Hall–Kier alpha value is -3.32. The first kappa shape index (κ1) is 30.1. The van der Waals surface area contributed by atoms with E-state index in [1.807, 2.05) is 29.2 Å². The lowest BCUT2D eigenvalue weighted by Crippen LogP contribution is -2.55. The van der Waals surface area contributed by atoms with Crippen LogP contribution in [0.3, 0.4) is 0 Å². The average molecular weight is 584 g/mol. The number of guanidine groups is 1. The highest BCUT2D eigenvalue weighted by molar-refractivity contribution is 6.02. The number of hydrogen-bond acceptors (Lipinski definition) is 12. The van der Waals surface area contributed by atoms with Gasteiger partial charge in [-0.3, -0.25) is 14.7 Å². The van der Waals surface area contributed by atoms with Crippen LogP contribution in [-0.2, 0) is 4.74 Å². The maximum Gasteiger partial charge on any atom is 0.223 e. The second kappa shape index (κ2) is 12.9. The molecule has 1 aromatic rings. The molecule has 0 saturated carbocycles. The largest absolute Gasteiger partial charge is 0.423 e. The highest BCUT2D eigenvalue weighted by Gasteiger charge is 2.43. The van der Waals surface area contributed by atoms with E-state index in [-0.39, 0.29) is 0 Å². The van der Waals surface area contributed by atoms with Gasteiger partial charge in [-0.2, -0.15) is 4.99 Å². The fraction of sp³-hybridized carbons (Fsp3) is 0.600. The van der Waals surface area contributed by atoms with Crippen LogP contribution in [0.15, 0.2) is 64.3 Å². The van der Waals surface area contributed by atoms with Gasteiger partial charge in [0, 0.05) is 38.5 Å². The number of rotatable bonds is 8. The van der Waals surface area contributed by atoms with E-state index in [9.17, 15) is 20.4 Å². The molecule has 2 fully saturated rings. The molecule has 5 rings (SSSR count). The molecule has 0 aliphatic carbocycles. The number of nitrogens with zero attached hydrogens (tertiary/aromatic N) is 7. The Labute approximate surface area is 248 Å². The molecule has 0 spiro atoms. The standard InChI is InChI=1S/C30H45N7O5/c1-20(38)35(21(2)39)26-19-24-27(29(42-26)34-17-11-6-12-18-34)37(25-13-7-8-14-31-25)30(36(22(3)40)23(4)41)32-28(24)33-15-9-5-10-16-33/h7-8,13-14,19-23,38-41H,5-6,9-12,15-18H2,1-4H3. The topological polar surface area (TPSA) is 132 Å². The predicted molar refractivity (Wildman–Crippen MR) is 159 cm³/mol. The Morgan fingerprint density at radius 3 is 1.86 bits per heavy atom. The number of allylic oxidation sites excluding steroid dienone is 1.